The van der Waals surface area contributed by atoms with Crippen LogP contribution in [0.4, 0.5) is 10.1 Å². The first-order valence-corrected chi connectivity index (χ1v) is 7.42. The van der Waals surface area contributed by atoms with Gasteiger partial charge in [-0.05, 0) is 24.6 Å². The van der Waals surface area contributed by atoms with Crippen molar-refractivity contribution in [2.24, 2.45) is 0 Å². The van der Waals surface area contributed by atoms with Gasteiger partial charge in [-0.1, -0.05) is 42.5 Å². The molecule has 1 N–H and O–H groups in total. The molecule has 2 aromatic rings. The molecular weight excluding hydrogens is 273 g/mol. The number of carbonyl (C=O) groups excluding carboxylic acids is 1. The van der Waals surface area contributed by atoms with Crippen molar-refractivity contribution in [1.29, 1.82) is 0 Å². The summed E-state index contributed by atoms with van der Waals surface area (Å²) in [6.07, 6.45) is 0. The predicted octanol–water partition coefficient (Wildman–Crippen LogP) is 4.26. The molecule has 1 unspecified atom stereocenters. The number of anilines is 1. The van der Waals surface area contributed by atoms with Crippen molar-refractivity contribution in [3.05, 3.63) is 66.0 Å². The molecular formula is C16H16FNOS. The Bertz CT molecular complexity index is 574. The molecule has 2 aromatic carbocycles. The van der Waals surface area contributed by atoms with E-state index in [2.05, 4.69) is 12.2 Å². The topological polar surface area (TPSA) is 29.1 Å². The lowest BCUT2D eigenvalue weighted by atomic mass is 10.2. The number of carbonyl (C=O) groups is 1. The number of thioether (sulfide) groups is 1. The van der Waals surface area contributed by atoms with Crippen LogP contribution in [-0.4, -0.2) is 11.7 Å². The summed E-state index contributed by atoms with van der Waals surface area (Å²) in [5, 5.41) is 2.81. The lowest BCUT2D eigenvalue weighted by molar-refractivity contribution is -0.113. The van der Waals surface area contributed by atoms with E-state index in [1.165, 1.54) is 23.4 Å². The zero-order valence-corrected chi connectivity index (χ0v) is 12.0. The first-order chi connectivity index (χ1) is 9.66. The van der Waals surface area contributed by atoms with Crippen LogP contribution in [0.25, 0.3) is 0 Å². The van der Waals surface area contributed by atoms with Crippen LogP contribution >= 0.6 is 11.8 Å². The second kappa shape index (κ2) is 7.10. The fourth-order valence-electron chi connectivity index (χ4n) is 1.77. The first-order valence-electron chi connectivity index (χ1n) is 6.38. The Balaban J connectivity index is 1.85. The molecule has 2 nitrogen and oxygen atoms in total. The van der Waals surface area contributed by atoms with E-state index in [0.29, 0.717) is 5.75 Å². The van der Waals surface area contributed by atoms with Crippen molar-refractivity contribution in [2.45, 2.75) is 12.2 Å². The third-order valence-corrected chi connectivity index (χ3v) is 4.08. The number of amides is 1. The molecule has 1 atom stereocenters. The molecule has 0 fully saturated rings. The van der Waals surface area contributed by atoms with E-state index in [0.717, 1.165) is 0 Å². The van der Waals surface area contributed by atoms with Gasteiger partial charge in [0.05, 0.1) is 11.4 Å². The summed E-state index contributed by atoms with van der Waals surface area (Å²) in [5.41, 5.74) is 1.40. The van der Waals surface area contributed by atoms with Crippen LogP contribution in [0, 0.1) is 5.82 Å². The molecule has 104 valence electrons. The number of hydrogen-bond acceptors (Lipinski definition) is 2. The van der Waals surface area contributed by atoms with Gasteiger partial charge in [0.1, 0.15) is 5.82 Å². The Hall–Kier alpha value is -1.81. The maximum absolute atomic E-state index is 13.4. The highest BCUT2D eigenvalue weighted by atomic mass is 32.2. The van der Waals surface area contributed by atoms with Crippen molar-refractivity contribution >= 4 is 23.4 Å². The zero-order valence-electron chi connectivity index (χ0n) is 11.2. The molecule has 0 spiro atoms. The van der Waals surface area contributed by atoms with Gasteiger partial charge in [-0.3, -0.25) is 4.79 Å². The van der Waals surface area contributed by atoms with Crippen molar-refractivity contribution in [3.8, 4) is 0 Å². The summed E-state index contributed by atoms with van der Waals surface area (Å²) in [7, 11) is 0. The molecule has 1 amide bonds. The third-order valence-electron chi connectivity index (χ3n) is 2.88. The van der Waals surface area contributed by atoms with Crippen LogP contribution in [-0.2, 0) is 4.79 Å². The van der Waals surface area contributed by atoms with Crippen LogP contribution in [0.15, 0.2) is 54.6 Å². The third kappa shape index (κ3) is 4.10. The maximum atomic E-state index is 13.4. The second-order valence-corrected chi connectivity index (χ2v) is 5.72. The number of para-hydroxylation sites is 1. The quantitative estimate of drug-likeness (QED) is 0.891. The van der Waals surface area contributed by atoms with Crippen molar-refractivity contribution < 1.29 is 9.18 Å². The van der Waals surface area contributed by atoms with Crippen molar-refractivity contribution in [2.75, 3.05) is 11.1 Å². The minimum absolute atomic E-state index is 0.192. The first kappa shape index (κ1) is 14.6. The number of nitrogens with one attached hydrogen (secondary N) is 1. The number of benzene rings is 2. The highest BCUT2D eigenvalue weighted by Gasteiger charge is 2.10. The number of rotatable bonds is 5. The van der Waals surface area contributed by atoms with E-state index >= 15 is 0 Å². The number of hydrogen-bond donors (Lipinski definition) is 1. The van der Waals surface area contributed by atoms with Crippen molar-refractivity contribution in [1.82, 2.24) is 0 Å². The molecule has 0 saturated carbocycles. The van der Waals surface area contributed by atoms with E-state index in [4.69, 9.17) is 0 Å². The van der Waals surface area contributed by atoms with Gasteiger partial charge in [-0.2, -0.15) is 0 Å². The SMILES string of the molecule is CC(SCC(=O)Nc1ccccc1F)c1ccccc1. The minimum Gasteiger partial charge on any atom is -0.323 e. The lowest BCUT2D eigenvalue weighted by Crippen LogP contribution is -2.15. The van der Waals surface area contributed by atoms with Gasteiger partial charge in [-0.15, -0.1) is 11.8 Å². The van der Waals surface area contributed by atoms with Crippen LogP contribution in [0.3, 0.4) is 0 Å². The summed E-state index contributed by atoms with van der Waals surface area (Å²) in [4.78, 5) is 11.8. The van der Waals surface area contributed by atoms with Gasteiger partial charge in [0.2, 0.25) is 5.91 Å². The standard InChI is InChI=1S/C16H16FNOS/c1-12(13-7-3-2-4-8-13)20-11-16(19)18-15-10-6-5-9-14(15)17/h2-10,12H,11H2,1H3,(H,18,19). The minimum atomic E-state index is -0.415. The Labute approximate surface area is 122 Å². The summed E-state index contributed by atoms with van der Waals surface area (Å²) in [6, 6.07) is 16.2. The van der Waals surface area contributed by atoms with E-state index < -0.39 is 5.82 Å². The van der Waals surface area contributed by atoms with Gasteiger partial charge in [-0.25, -0.2) is 4.39 Å². The second-order valence-electron chi connectivity index (χ2n) is 4.39. The molecule has 2 rings (SSSR count). The van der Waals surface area contributed by atoms with Gasteiger partial charge >= 0.3 is 0 Å². The summed E-state index contributed by atoms with van der Waals surface area (Å²) in [6.45, 7) is 2.05. The lowest BCUT2D eigenvalue weighted by Gasteiger charge is -2.11. The molecule has 0 aliphatic carbocycles. The van der Waals surface area contributed by atoms with Crippen LogP contribution in [0.5, 0.6) is 0 Å². The maximum Gasteiger partial charge on any atom is 0.234 e. The van der Waals surface area contributed by atoms with Crippen LogP contribution < -0.4 is 5.32 Å². The predicted molar refractivity (Wildman–Crippen MR) is 82.3 cm³/mol. The fourth-order valence-corrected chi connectivity index (χ4v) is 2.59. The van der Waals surface area contributed by atoms with E-state index in [1.807, 2.05) is 30.3 Å². The van der Waals surface area contributed by atoms with Gasteiger partial charge in [0.25, 0.3) is 0 Å². The van der Waals surface area contributed by atoms with Crippen LogP contribution in [0.1, 0.15) is 17.7 Å². The average Bonchev–Trinajstić information content (AvgIpc) is 2.48. The van der Waals surface area contributed by atoms with E-state index in [9.17, 15) is 9.18 Å². The monoisotopic (exact) mass is 289 g/mol. The molecule has 20 heavy (non-hydrogen) atoms. The molecule has 0 aliphatic heterocycles. The molecule has 0 aromatic heterocycles. The van der Waals surface area contributed by atoms with Gasteiger partial charge in [0.15, 0.2) is 0 Å². The highest BCUT2D eigenvalue weighted by Crippen LogP contribution is 2.27. The Morgan fingerprint density at radius 3 is 2.50 bits per heavy atom. The van der Waals surface area contributed by atoms with E-state index in [1.54, 1.807) is 18.2 Å². The zero-order chi connectivity index (χ0) is 14.4. The summed E-state index contributed by atoms with van der Waals surface area (Å²) < 4.78 is 13.4. The average molecular weight is 289 g/mol. The Kier molecular flexibility index (Phi) is 5.18. The van der Waals surface area contributed by atoms with Gasteiger partial charge in [0, 0.05) is 5.25 Å². The highest BCUT2D eigenvalue weighted by molar-refractivity contribution is 8.00. The summed E-state index contributed by atoms with van der Waals surface area (Å²) >= 11 is 1.53. The molecule has 0 heterocycles. The summed E-state index contributed by atoms with van der Waals surface area (Å²) in [5.74, 6) is -0.311. The Morgan fingerprint density at radius 2 is 1.80 bits per heavy atom. The fraction of sp³-hybridized carbons (Fsp3) is 0.188. The van der Waals surface area contributed by atoms with E-state index in [-0.39, 0.29) is 16.8 Å². The van der Waals surface area contributed by atoms with Crippen molar-refractivity contribution in [3.63, 3.8) is 0 Å². The smallest absolute Gasteiger partial charge is 0.234 e. The number of halogens is 1. The Morgan fingerprint density at radius 1 is 1.15 bits per heavy atom. The molecule has 4 heteroatoms. The van der Waals surface area contributed by atoms with Gasteiger partial charge < -0.3 is 5.32 Å². The van der Waals surface area contributed by atoms with Crippen LogP contribution in [0.2, 0.25) is 0 Å². The largest absolute Gasteiger partial charge is 0.323 e. The molecule has 0 radical (unpaired) electrons. The molecule has 0 aliphatic rings. The molecule has 0 bridgehead atoms. The molecule has 0 saturated heterocycles. The normalized spacial score (nSPS) is 11.9.